The zero-order valence-corrected chi connectivity index (χ0v) is 23.2. The molecule has 34 heavy (non-hydrogen) atoms. The maximum atomic E-state index is 11.9. The van der Waals surface area contributed by atoms with E-state index < -0.39 is 5.97 Å². The fourth-order valence-electron chi connectivity index (χ4n) is 4.63. The summed E-state index contributed by atoms with van der Waals surface area (Å²) in [5.74, 6) is -0.645. The first-order valence-corrected chi connectivity index (χ1v) is 14.7. The maximum Gasteiger partial charge on any atom is 0.359 e. The van der Waals surface area contributed by atoms with E-state index in [-0.39, 0.29) is 12.5 Å². The van der Waals surface area contributed by atoms with Gasteiger partial charge in [0.05, 0.1) is 20.6 Å². The SMILES string of the molecule is CCCCCCCCCCCCCCCCCCCCCC(=O)NCCC[N+](C)(C)CC(=O)O. The molecule has 5 heteroatoms. The van der Waals surface area contributed by atoms with Crippen molar-refractivity contribution < 1.29 is 19.2 Å². The van der Waals surface area contributed by atoms with Crippen molar-refractivity contribution in [2.75, 3.05) is 33.7 Å². The summed E-state index contributed by atoms with van der Waals surface area (Å²) in [6, 6.07) is 0. The third kappa shape index (κ3) is 25.5. The zero-order chi connectivity index (χ0) is 25.3. The highest BCUT2D eigenvalue weighted by Crippen LogP contribution is 2.14. The van der Waals surface area contributed by atoms with Gasteiger partial charge in [-0.1, -0.05) is 122 Å². The van der Waals surface area contributed by atoms with Crippen molar-refractivity contribution in [3.8, 4) is 0 Å². The molecule has 0 aromatic heterocycles. The van der Waals surface area contributed by atoms with Crippen LogP contribution < -0.4 is 5.32 Å². The van der Waals surface area contributed by atoms with Gasteiger partial charge in [-0.25, -0.2) is 4.79 Å². The molecule has 0 aromatic rings. The molecule has 0 saturated heterocycles. The Kier molecular flexibility index (Phi) is 22.9. The van der Waals surface area contributed by atoms with Crippen LogP contribution in [0.3, 0.4) is 0 Å². The van der Waals surface area contributed by atoms with E-state index in [2.05, 4.69) is 12.2 Å². The van der Waals surface area contributed by atoms with E-state index in [1.165, 1.54) is 109 Å². The Morgan fingerprint density at radius 3 is 1.38 bits per heavy atom. The van der Waals surface area contributed by atoms with E-state index in [0.29, 0.717) is 17.4 Å². The summed E-state index contributed by atoms with van der Waals surface area (Å²) in [5, 5.41) is 11.9. The predicted molar refractivity (Wildman–Crippen MR) is 145 cm³/mol. The average molecular weight is 484 g/mol. The molecule has 0 radical (unpaired) electrons. The molecule has 5 nitrogen and oxygen atoms in total. The molecular weight excluding hydrogens is 424 g/mol. The minimum absolute atomic E-state index is 0.118. The number of aliphatic carboxylic acids is 1. The van der Waals surface area contributed by atoms with Crippen molar-refractivity contribution in [1.82, 2.24) is 5.32 Å². The summed E-state index contributed by atoms with van der Waals surface area (Å²) < 4.78 is 0.449. The van der Waals surface area contributed by atoms with Gasteiger partial charge in [0, 0.05) is 19.4 Å². The van der Waals surface area contributed by atoms with Gasteiger partial charge in [0.2, 0.25) is 5.91 Å². The molecule has 0 aromatic carbocycles. The molecule has 2 N–H and O–H groups in total. The van der Waals surface area contributed by atoms with Gasteiger partial charge in [0.15, 0.2) is 6.54 Å². The molecule has 0 fully saturated rings. The molecule has 1 amide bonds. The topological polar surface area (TPSA) is 66.4 Å². The molecule has 0 spiro atoms. The van der Waals surface area contributed by atoms with E-state index in [0.717, 1.165) is 25.8 Å². The van der Waals surface area contributed by atoms with Gasteiger partial charge in [-0.15, -0.1) is 0 Å². The molecule has 0 rings (SSSR count). The zero-order valence-electron chi connectivity index (χ0n) is 23.2. The summed E-state index contributed by atoms with van der Waals surface area (Å²) in [7, 11) is 3.82. The van der Waals surface area contributed by atoms with Crippen molar-refractivity contribution in [3.63, 3.8) is 0 Å². The minimum atomic E-state index is -0.779. The fourth-order valence-corrected chi connectivity index (χ4v) is 4.63. The number of nitrogens with zero attached hydrogens (tertiary/aromatic N) is 1. The first kappa shape index (κ1) is 32.9. The van der Waals surface area contributed by atoms with Crippen LogP contribution in [0.2, 0.25) is 0 Å². The largest absolute Gasteiger partial charge is 0.477 e. The lowest BCUT2D eigenvalue weighted by Crippen LogP contribution is -2.45. The molecule has 0 aliphatic rings. The molecule has 0 saturated carbocycles. The standard InChI is InChI=1S/C29H58N2O3/c1-4-5-6-7-8-9-10-11-12-13-14-15-16-17-18-19-20-21-22-24-28(32)30-25-23-26-31(2,3)27-29(33)34/h4-27H2,1-3H3,(H-,30,32,33,34)/p+1. The van der Waals surface area contributed by atoms with E-state index in [1.54, 1.807) is 0 Å². The van der Waals surface area contributed by atoms with E-state index in [9.17, 15) is 9.59 Å². The van der Waals surface area contributed by atoms with Crippen LogP contribution in [0.25, 0.3) is 0 Å². The number of nitrogens with one attached hydrogen (secondary N) is 1. The molecule has 0 bridgehead atoms. The molecule has 0 unspecified atom stereocenters. The Balaban J connectivity index is 3.26. The van der Waals surface area contributed by atoms with Crippen LogP contribution in [0.1, 0.15) is 142 Å². The van der Waals surface area contributed by atoms with E-state index >= 15 is 0 Å². The van der Waals surface area contributed by atoms with Crippen LogP contribution >= 0.6 is 0 Å². The Bertz CT molecular complexity index is 480. The Morgan fingerprint density at radius 1 is 0.618 bits per heavy atom. The van der Waals surface area contributed by atoms with Gasteiger partial charge in [-0.05, 0) is 6.42 Å². The van der Waals surface area contributed by atoms with Gasteiger partial charge >= 0.3 is 5.97 Å². The Morgan fingerprint density at radius 2 is 1.00 bits per heavy atom. The third-order valence-electron chi connectivity index (χ3n) is 6.83. The van der Waals surface area contributed by atoms with Crippen LogP contribution in [0.15, 0.2) is 0 Å². The second-order valence-corrected chi connectivity index (χ2v) is 11.0. The first-order chi connectivity index (χ1) is 16.4. The van der Waals surface area contributed by atoms with Crippen molar-refractivity contribution >= 4 is 11.9 Å². The number of amides is 1. The highest BCUT2D eigenvalue weighted by molar-refractivity contribution is 5.75. The first-order valence-electron chi connectivity index (χ1n) is 14.7. The summed E-state index contributed by atoms with van der Waals surface area (Å²) in [4.78, 5) is 22.7. The van der Waals surface area contributed by atoms with Gasteiger partial charge in [0.25, 0.3) is 0 Å². The van der Waals surface area contributed by atoms with Crippen molar-refractivity contribution in [2.24, 2.45) is 0 Å². The number of likely N-dealkylation sites (N-methyl/N-ethyl adjacent to an activating group) is 1. The normalized spacial score (nSPS) is 11.6. The van der Waals surface area contributed by atoms with Crippen LogP contribution in [0, 0.1) is 0 Å². The van der Waals surface area contributed by atoms with Crippen LogP contribution in [-0.4, -0.2) is 55.2 Å². The second-order valence-electron chi connectivity index (χ2n) is 11.0. The molecule has 0 atom stereocenters. The molecule has 0 aliphatic heterocycles. The smallest absolute Gasteiger partial charge is 0.359 e. The van der Waals surface area contributed by atoms with Gasteiger partial charge in [0.1, 0.15) is 0 Å². The summed E-state index contributed by atoms with van der Waals surface area (Å²) in [6.07, 6.45) is 27.3. The average Bonchev–Trinajstić information content (AvgIpc) is 2.77. The number of hydrogen-bond acceptors (Lipinski definition) is 2. The minimum Gasteiger partial charge on any atom is -0.477 e. The van der Waals surface area contributed by atoms with Crippen LogP contribution in [-0.2, 0) is 9.59 Å². The molecule has 202 valence electrons. The van der Waals surface area contributed by atoms with Gasteiger partial charge < -0.3 is 14.9 Å². The lowest BCUT2D eigenvalue weighted by Gasteiger charge is -2.27. The second kappa shape index (κ2) is 23.6. The van der Waals surface area contributed by atoms with Crippen molar-refractivity contribution in [1.29, 1.82) is 0 Å². The highest BCUT2D eigenvalue weighted by atomic mass is 16.4. The lowest BCUT2D eigenvalue weighted by molar-refractivity contribution is -0.883. The fraction of sp³-hybridized carbons (Fsp3) is 0.931. The Labute approximate surface area is 212 Å². The van der Waals surface area contributed by atoms with Crippen LogP contribution in [0.4, 0.5) is 0 Å². The highest BCUT2D eigenvalue weighted by Gasteiger charge is 2.18. The molecular formula is C29H59N2O3+. The third-order valence-corrected chi connectivity index (χ3v) is 6.83. The van der Waals surface area contributed by atoms with Gasteiger partial charge in [-0.2, -0.15) is 0 Å². The quantitative estimate of drug-likeness (QED) is 0.0990. The molecule has 0 aliphatic carbocycles. The molecule has 0 heterocycles. The summed E-state index contributed by atoms with van der Waals surface area (Å²) in [5.41, 5.74) is 0. The van der Waals surface area contributed by atoms with Crippen LogP contribution in [0.5, 0.6) is 0 Å². The van der Waals surface area contributed by atoms with E-state index in [1.807, 2.05) is 14.1 Å². The summed E-state index contributed by atoms with van der Waals surface area (Å²) in [6.45, 7) is 3.80. The number of quaternary nitrogens is 1. The summed E-state index contributed by atoms with van der Waals surface area (Å²) >= 11 is 0. The maximum absolute atomic E-state index is 11.9. The van der Waals surface area contributed by atoms with Gasteiger partial charge in [-0.3, -0.25) is 4.79 Å². The number of hydrogen-bond donors (Lipinski definition) is 2. The lowest BCUT2D eigenvalue weighted by atomic mass is 10.0. The predicted octanol–water partition coefficient (Wildman–Crippen LogP) is 7.48. The number of carbonyl (C=O) groups excluding carboxylic acids is 1. The number of carbonyl (C=O) groups is 2. The van der Waals surface area contributed by atoms with Crippen molar-refractivity contribution in [3.05, 3.63) is 0 Å². The number of rotatable bonds is 26. The van der Waals surface area contributed by atoms with E-state index in [4.69, 9.17) is 5.11 Å². The monoisotopic (exact) mass is 483 g/mol. The number of unbranched alkanes of at least 4 members (excludes halogenated alkanes) is 18. The van der Waals surface area contributed by atoms with Crippen molar-refractivity contribution in [2.45, 2.75) is 142 Å². The number of carboxylic acid groups (broad SMARTS) is 1. The number of carboxylic acids is 1. The Hall–Kier alpha value is -1.10.